The van der Waals surface area contributed by atoms with Crippen LogP contribution >= 0.6 is 0 Å². The number of benzene rings is 2. The van der Waals surface area contributed by atoms with Crippen molar-refractivity contribution < 1.29 is 23.9 Å². The molecule has 0 aromatic heterocycles. The van der Waals surface area contributed by atoms with Crippen molar-refractivity contribution in [2.75, 3.05) is 39.3 Å². The summed E-state index contributed by atoms with van der Waals surface area (Å²) in [4.78, 5) is 26.0. The summed E-state index contributed by atoms with van der Waals surface area (Å²) in [7, 11) is 4.55. The summed E-state index contributed by atoms with van der Waals surface area (Å²) in [6.07, 6.45) is 2.11. The van der Waals surface area contributed by atoms with Crippen LogP contribution in [0.2, 0.25) is 0 Å². The van der Waals surface area contributed by atoms with E-state index < -0.39 is 10.8 Å². The van der Waals surface area contributed by atoms with E-state index in [0.717, 1.165) is 31.5 Å². The van der Waals surface area contributed by atoms with Crippen LogP contribution in [-0.2, 0) is 6.54 Å². The number of rotatable bonds is 8. The van der Waals surface area contributed by atoms with E-state index >= 15 is 0 Å². The summed E-state index contributed by atoms with van der Waals surface area (Å²) < 4.78 is 16.0. The lowest BCUT2D eigenvalue weighted by Gasteiger charge is -2.32. The molecule has 1 aliphatic rings. The van der Waals surface area contributed by atoms with Gasteiger partial charge in [0.1, 0.15) is 5.69 Å². The molecular weight excluding hydrogens is 414 g/mol. The average Bonchev–Trinajstić information content (AvgIpc) is 2.81. The highest BCUT2D eigenvalue weighted by Gasteiger charge is 2.25. The van der Waals surface area contributed by atoms with Gasteiger partial charge in [0.2, 0.25) is 5.75 Å². The molecule has 0 spiro atoms. The largest absolute Gasteiger partial charge is 0.493 e. The van der Waals surface area contributed by atoms with Crippen LogP contribution in [0.15, 0.2) is 30.3 Å². The van der Waals surface area contributed by atoms with Crippen LogP contribution in [0.25, 0.3) is 0 Å². The molecule has 1 saturated heterocycles. The number of nitro benzene ring substituents is 1. The van der Waals surface area contributed by atoms with Crippen molar-refractivity contribution in [2.24, 2.45) is 5.92 Å². The summed E-state index contributed by atoms with van der Waals surface area (Å²) in [5, 5.41) is 14.5. The van der Waals surface area contributed by atoms with Crippen molar-refractivity contribution in [3.05, 3.63) is 51.6 Å². The van der Waals surface area contributed by atoms with Gasteiger partial charge in [-0.2, -0.15) is 0 Å². The first-order valence-electron chi connectivity index (χ1n) is 10.5. The Labute approximate surface area is 187 Å². The molecule has 0 radical (unpaired) electrons. The minimum atomic E-state index is -0.426. The average molecular weight is 444 g/mol. The number of hydrogen-bond acceptors (Lipinski definition) is 7. The van der Waals surface area contributed by atoms with E-state index in [2.05, 4.69) is 12.2 Å². The minimum absolute atomic E-state index is 0.0560. The first kappa shape index (κ1) is 23.2. The Balaban J connectivity index is 1.78. The number of nitrogens with one attached hydrogen (secondary N) is 1. The molecule has 1 heterocycles. The molecule has 1 amide bonds. The van der Waals surface area contributed by atoms with Crippen LogP contribution in [-0.4, -0.2) is 45.2 Å². The fraction of sp³-hybridized carbons (Fsp3) is 0.435. The summed E-state index contributed by atoms with van der Waals surface area (Å²) in [5.74, 6) is 1.49. The third kappa shape index (κ3) is 5.04. The van der Waals surface area contributed by atoms with Gasteiger partial charge in [-0.25, -0.2) is 0 Å². The number of nitro groups is 1. The number of anilines is 1. The molecule has 0 unspecified atom stereocenters. The topological polar surface area (TPSA) is 103 Å². The maximum absolute atomic E-state index is 12.7. The van der Waals surface area contributed by atoms with E-state index in [9.17, 15) is 14.9 Å². The maximum atomic E-state index is 12.7. The molecule has 3 rings (SSSR count). The van der Waals surface area contributed by atoms with Crippen LogP contribution in [0.5, 0.6) is 17.2 Å². The first-order chi connectivity index (χ1) is 15.4. The molecule has 1 fully saturated rings. The highest BCUT2D eigenvalue weighted by molar-refractivity contribution is 5.95. The Bertz CT molecular complexity index is 969. The van der Waals surface area contributed by atoms with E-state index in [1.54, 1.807) is 24.3 Å². The highest BCUT2D eigenvalue weighted by atomic mass is 16.6. The first-order valence-corrected chi connectivity index (χ1v) is 10.5. The van der Waals surface area contributed by atoms with E-state index in [0.29, 0.717) is 28.9 Å². The number of piperidine rings is 1. The van der Waals surface area contributed by atoms with Crippen molar-refractivity contribution in [1.29, 1.82) is 0 Å². The number of carbonyl (C=O) groups is 1. The van der Waals surface area contributed by atoms with Gasteiger partial charge < -0.3 is 24.4 Å². The van der Waals surface area contributed by atoms with Crippen LogP contribution in [0, 0.1) is 16.0 Å². The molecule has 1 atom stereocenters. The zero-order valence-corrected chi connectivity index (χ0v) is 18.8. The standard InChI is InChI=1S/C23H29N3O6/c1-15-6-5-9-25(14-15)18-8-7-17(12-19(18)26(28)29)23(27)24-13-16-10-20(30-2)22(32-4)21(11-16)31-3/h7-8,10-12,15H,5-6,9,13-14H2,1-4H3,(H,24,27)/t15-/m1/s1. The predicted molar refractivity (Wildman–Crippen MR) is 121 cm³/mol. The molecule has 172 valence electrons. The van der Waals surface area contributed by atoms with E-state index in [4.69, 9.17) is 14.2 Å². The smallest absolute Gasteiger partial charge is 0.293 e. The molecule has 1 aliphatic heterocycles. The molecule has 9 nitrogen and oxygen atoms in total. The lowest BCUT2D eigenvalue weighted by molar-refractivity contribution is -0.384. The van der Waals surface area contributed by atoms with Gasteiger partial charge in [-0.05, 0) is 48.6 Å². The van der Waals surface area contributed by atoms with Crippen LogP contribution in [0.4, 0.5) is 11.4 Å². The third-order valence-electron chi connectivity index (χ3n) is 5.61. The number of ether oxygens (including phenoxy) is 3. The third-order valence-corrected chi connectivity index (χ3v) is 5.61. The number of amides is 1. The molecule has 1 N–H and O–H groups in total. The predicted octanol–water partition coefficient (Wildman–Crippen LogP) is 3.79. The van der Waals surface area contributed by atoms with Gasteiger partial charge in [-0.1, -0.05) is 6.92 Å². The van der Waals surface area contributed by atoms with Gasteiger partial charge in [-0.3, -0.25) is 14.9 Å². The minimum Gasteiger partial charge on any atom is -0.493 e. The Morgan fingerprint density at radius 1 is 1.16 bits per heavy atom. The van der Waals surface area contributed by atoms with Crippen LogP contribution in [0.3, 0.4) is 0 Å². The van der Waals surface area contributed by atoms with E-state index in [-0.39, 0.29) is 17.8 Å². The zero-order chi connectivity index (χ0) is 23.3. The van der Waals surface area contributed by atoms with Gasteiger partial charge in [-0.15, -0.1) is 0 Å². The summed E-state index contributed by atoms with van der Waals surface area (Å²) in [6.45, 7) is 3.88. The molecule has 9 heteroatoms. The summed E-state index contributed by atoms with van der Waals surface area (Å²) in [6, 6.07) is 8.13. The number of hydrogen-bond donors (Lipinski definition) is 1. The normalized spacial score (nSPS) is 15.8. The number of carbonyl (C=O) groups excluding carboxylic acids is 1. The summed E-state index contributed by atoms with van der Waals surface area (Å²) >= 11 is 0. The second-order valence-electron chi connectivity index (χ2n) is 7.87. The quantitative estimate of drug-likeness (QED) is 0.489. The second kappa shape index (κ2) is 10.2. The van der Waals surface area contributed by atoms with Gasteiger partial charge in [0.15, 0.2) is 11.5 Å². The van der Waals surface area contributed by atoms with Crippen molar-refractivity contribution >= 4 is 17.3 Å². The van der Waals surface area contributed by atoms with Crippen molar-refractivity contribution in [2.45, 2.75) is 26.3 Å². The molecule has 2 aromatic carbocycles. The van der Waals surface area contributed by atoms with Crippen molar-refractivity contribution in [3.63, 3.8) is 0 Å². The van der Waals surface area contributed by atoms with Gasteiger partial charge in [0.05, 0.1) is 26.3 Å². The SMILES string of the molecule is COc1cc(CNC(=O)c2ccc(N3CCC[C@@H](C)C3)c([N+](=O)[O-])c2)cc(OC)c1OC. The van der Waals surface area contributed by atoms with Crippen molar-refractivity contribution in [1.82, 2.24) is 5.32 Å². The zero-order valence-electron chi connectivity index (χ0n) is 18.8. The van der Waals surface area contributed by atoms with Crippen molar-refractivity contribution in [3.8, 4) is 17.2 Å². The molecule has 0 saturated carbocycles. The lowest BCUT2D eigenvalue weighted by Crippen LogP contribution is -2.34. The highest BCUT2D eigenvalue weighted by Crippen LogP contribution is 2.38. The van der Waals surface area contributed by atoms with Gasteiger partial charge in [0, 0.05) is 31.3 Å². The summed E-state index contributed by atoms with van der Waals surface area (Å²) in [5.41, 5.74) is 1.47. The van der Waals surface area contributed by atoms with E-state index in [1.807, 2.05) is 4.90 Å². The number of nitrogens with zero attached hydrogens (tertiary/aromatic N) is 2. The molecule has 0 aliphatic carbocycles. The second-order valence-corrected chi connectivity index (χ2v) is 7.87. The monoisotopic (exact) mass is 443 g/mol. The molecule has 0 bridgehead atoms. The van der Waals surface area contributed by atoms with E-state index in [1.165, 1.54) is 27.4 Å². The Kier molecular flexibility index (Phi) is 7.40. The molecule has 2 aromatic rings. The Morgan fingerprint density at radius 3 is 2.41 bits per heavy atom. The van der Waals surface area contributed by atoms with Gasteiger partial charge in [0.25, 0.3) is 11.6 Å². The Hall–Kier alpha value is -3.49. The van der Waals surface area contributed by atoms with Crippen LogP contribution < -0.4 is 24.4 Å². The van der Waals surface area contributed by atoms with Gasteiger partial charge >= 0.3 is 0 Å². The molecular formula is C23H29N3O6. The number of methoxy groups -OCH3 is 3. The maximum Gasteiger partial charge on any atom is 0.293 e. The Morgan fingerprint density at radius 2 is 1.84 bits per heavy atom. The molecule has 32 heavy (non-hydrogen) atoms. The van der Waals surface area contributed by atoms with Crippen LogP contribution in [0.1, 0.15) is 35.7 Å². The fourth-order valence-corrected chi connectivity index (χ4v) is 4.01. The fourth-order valence-electron chi connectivity index (χ4n) is 4.01. The lowest BCUT2D eigenvalue weighted by atomic mass is 9.99.